The van der Waals surface area contributed by atoms with Gasteiger partial charge in [-0.2, -0.15) is 0 Å². The van der Waals surface area contributed by atoms with Gasteiger partial charge in [0.15, 0.2) is 0 Å². The van der Waals surface area contributed by atoms with Crippen molar-refractivity contribution < 1.29 is 19.4 Å². The first-order valence-electron chi connectivity index (χ1n) is 5.46. The van der Waals surface area contributed by atoms with Crippen LogP contribution in [-0.4, -0.2) is 25.3 Å². The van der Waals surface area contributed by atoms with Gasteiger partial charge in [-0.3, -0.25) is 4.79 Å². The number of carbonyl (C=O) groups is 1. The van der Waals surface area contributed by atoms with Crippen molar-refractivity contribution in [3.8, 4) is 5.75 Å². The molecule has 0 spiro atoms. The molecular weight excluding hydrogens is 220 g/mol. The summed E-state index contributed by atoms with van der Waals surface area (Å²) >= 11 is 0. The van der Waals surface area contributed by atoms with Crippen molar-refractivity contribution in [2.24, 2.45) is 5.92 Å². The zero-order valence-electron chi connectivity index (χ0n) is 10.4. The van der Waals surface area contributed by atoms with Crippen LogP contribution in [0.5, 0.6) is 5.75 Å². The van der Waals surface area contributed by atoms with Gasteiger partial charge in [0.1, 0.15) is 5.75 Å². The van der Waals surface area contributed by atoms with Crippen LogP contribution in [-0.2, 0) is 22.6 Å². The molecule has 94 valence electrons. The normalized spacial score (nSPS) is 12.2. The summed E-state index contributed by atoms with van der Waals surface area (Å²) in [5, 5.41) is 8.96. The van der Waals surface area contributed by atoms with Crippen LogP contribution in [0.2, 0.25) is 0 Å². The summed E-state index contributed by atoms with van der Waals surface area (Å²) in [6.07, 6.45) is 0.442. The van der Waals surface area contributed by atoms with Crippen LogP contribution in [0.15, 0.2) is 18.2 Å². The van der Waals surface area contributed by atoms with E-state index in [-0.39, 0.29) is 0 Å². The van der Waals surface area contributed by atoms with Crippen LogP contribution < -0.4 is 4.74 Å². The number of hydrogen-bond donors (Lipinski definition) is 1. The second kappa shape index (κ2) is 6.25. The summed E-state index contributed by atoms with van der Waals surface area (Å²) in [4.78, 5) is 10.9. The summed E-state index contributed by atoms with van der Waals surface area (Å²) in [7, 11) is 3.20. The highest BCUT2D eigenvalue weighted by atomic mass is 16.5. The molecule has 0 saturated carbocycles. The fourth-order valence-corrected chi connectivity index (χ4v) is 1.72. The fraction of sp³-hybridized carbons (Fsp3) is 0.462. The minimum Gasteiger partial charge on any atom is -0.496 e. The van der Waals surface area contributed by atoms with Gasteiger partial charge in [-0.25, -0.2) is 0 Å². The number of ether oxygens (including phenoxy) is 2. The minimum absolute atomic E-state index is 0.442. The molecule has 0 aromatic heterocycles. The molecule has 1 aromatic carbocycles. The zero-order valence-corrected chi connectivity index (χ0v) is 10.4. The Balaban J connectivity index is 3.03. The monoisotopic (exact) mass is 238 g/mol. The number of carboxylic acid groups (broad SMARTS) is 1. The van der Waals surface area contributed by atoms with Crippen molar-refractivity contribution in [2.75, 3.05) is 14.2 Å². The number of methoxy groups -OCH3 is 2. The molecule has 4 heteroatoms. The highest BCUT2D eigenvalue weighted by molar-refractivity contribution is 5.70. The predicted octanol–water partition coefficient (Wildman–Crippen LogP) is 2.10. The van der Waals surface area contributed by atoms with Gasteiger partial charge in [-0.1, -0.05) is 19.1 Å². The quantitative estimate of drug-likeness (QED) is 0.824. The molecule has 0 bridgehead atoms. The minimum atomic E-state index is -0.806. The molecule has 0 aliphatic heterocycles. The molecule has 0 fully saturated rings. The molecule has 1 atom stereocenters. The van der Waals surface area contributed by atoms with Crippen molar-refractivity contribution in [3.05, 3.63) is 29.3 Å². The molecule has 0 aliphatic rings. The number of aliphatic carboxylic acids is 1. The Kier molecular flexibility index (Phi) is 4.97. The third kappa shape index (κ3) is 3.46. The Morgan fingerprint density at radius 1 is 1.41 bits per heavy atom. The van der Waals surface area contributed by atoms with E-state index in [4.69, 9.17) is 14.6 Å². The highest BCUT2D eigenvalue weighted by Crippen LogP contribution is 2.26. The topological polar surface area (TPSA) is 55.8 Å². The SMILES string of the molecule is COCc1cccc(OC)c1CC(C)C(=O)O. The van der Waals surface area contributed by atoms with Crippen molar-refractivity contribution in [1.29, 1.82) is 0 Å². The van der Waals surface area contributed by atoms with Gasteiger partial charge in [0, 0.05) is 12.7 Å². The average molecular weight is 238 g/mol. The van der Waals surface area contributed by atoms with Gasteiger partial charge in [-0.15, -0.1) is 0 Å². The first-order chi connectivity index (χ1) is 8.10. The molecule has 0 heterocycles. The Labute approximate surface area is 101 Å². The third-order valence-electron chi connectivity index (χ3n) is 2.68. The van der Waals surface area contributed by atoms with Crippen LogP contribution in [0.4, 0.5) is 0 Å². The molecule has 17 heavy (non-hydrogen) atoms. The maximum absolute atomic E-state index is 10.9. The lowest BCUT2D eigenvalue weighted by Crippen LogP contribution is -2.14. The molecule has 4 nitrogen and oxygen atoms in total. The predicted molar refractivity (Wildman–Crippen MR) is 64.2 cm³/mol. The summed E-state index contributed by atoms with van der Waals surface area (Å²) in [6, 6.07) is 5.64. The van der Waals surface area contributed by atoms with Gasteiger partial charge < -0.3 is 14.6 Å². The number of benzene rings is 1. The van der Waals surface area contributed by atoms with Gasteiger partial charge in [0.25, 0.3) is 0 Å². The standard InChI is InChI=1S/C13H18O4/c1-9(13(14)15)7-11-10(8-16-2)5-4-6-12(11)17-3/h4-6,9H,7-8H2,1-3H3,(H,14,15). The molecule has 1 N–H and O–H groups in total. The fourth-order valence-electron chi connectivity index (χ4n) is 1.72. The maximum Gasteiger partial charge on any atom is 0.306 e. The lowest BCUT2D eigenvalue weighted by atomic mass is 9.96. The second-order valence-corrected chi connectivity index (χ2v) is 3.97. The van der Waals surface area contributed by atoms with E-state index in [1.807, 2.05) is 18.2 Å². The Hall–Kier alpha value is -1.55. The molecular formula is C13H18O4. The van der Waals surface area contributed by atoms with E-state index in [1.165, 1.54) is 0 Å². The molecule has 0 amide bonds. The van der Waals surface area contributed by atoms with Crippen molar-refractivity contribution in [2.45, 2.75) is 20.0 Å². The van der Waals surface area contributed by atoms with Crippen LogP contribution in [0, 0.1) is 5.92 Å². The lowest BCUT2D eigenvalue weighted by Gasteiger charge is -2.15. The zero-order chi connectivity index (χ0) is 12.8. The van der Waals surface area contributed by atoms with E-state index in [2.05, 4.69) is 0 Å². The Bertz CT molecular complexity index is 387. The highest BCUT2D eigenvalue weighted by Gasteiger charge is 2.17. The average Bonchev–Trinajstić information content (AvgIpc) is 2.31. The Morgan fingerprint density at radius 2 is 2.12 bits per heavy atom. The second-order valence-electron chi connectivity index (χ2n) is 3.97. The van der Waals surface area contributed by atoms with Crippen LogP contribution >= 0.6 is 0 Å². The van der Waals surface area contributed by atoms with E-state index < -0.39 is 11.9 Å². The molecule has 0 aliphatic carbocycles. The summed E-state index contributed by atoms with van der Waals surface area (Å²) < 4.78 is 10.4. The molecule has 1 aromatic rings. The maximum atomic E-state index is 10.9. The van der Waals surface area contributed by atoms with E-state index in [0.29, 0.717) is 18.8 Å². The molecule has 0 saturated heterocycles. The number of hydrogen-bond acceptors (Lipinski definition) is 3. The smallest absolute Gasteiger partial charge is 0.306 e. The van der Waals surface area contributed by atoms with Crippen molar-refractivity contribution >= 4 is 5.97 Å². The Morgan fingerprint density at radius 3 is 2.65 bits per heavy atom. The van der Waals surface area contributed by atoms with Crippen LogP contribution in [0.3, 0.4) is 0 Å². The van der Waals surface area contributed by atoms with Gasteiger partial charge in [0.2, 0.25) is 0 Å². The third-order valence-corrected chi connectivity index (χ3v) is 2.68. The van der Waals surface area contributed by atoms with Gasteiger partial charge >= 0.3 is 5.97 Å². The van der Waals surface area contributed by atoms with Crippen LogP contribution in [0.1, 0.15) is 18.1 Å². The summed E-state index contributed by atoms with van der Waals surface area (Å²) in [5.74, 6) is -0.533. The van der Waals surface area contributed by atoms with Gasteiger partial charge in [-0.05, 0) is 18.1 Å². The van der Waals surface area contributed by atoms with E-state index in [9.17, 15) is 4.79 Å². The van der Waals surface area contributed by atoms with E-state index in [0.717, 1.165) is 11.1 Å². The summed E-state index contributed by atoms with van der Waals surface area (Å²) in [5.41, 5.74) is 1.88. The van der Waals surface area contributed by atoms with E-state index >= 15 is 0 Å². The molecule has 1 rings (SSSR count). The van der Waals surface area contributed by atoms with Gasteiger partial charge in [0.05, 0.1) is 19.6 Å². The van der Waals surface area contributed by atoms with Crippen molar-refractivity contribution in [1.82, 2.24) is 0 Å². The number of rotatable bonds is 6. The first-order valence-corrected chi connectivity index (χ1v) is 5.46. The first kappa shape index (κ1) is 13.5. The largest absolute Gasteiger partial charge is 0.496 e. The van der Waals surface area contributed by atoms with Crippen molar-refractivity contribution in [3.63, 3.8) is 0 Å². The number of carboxylic acids is 1. The molecule has 1 unspecified atom stereocenters. The van der Waals surface area contributed by atoms with E-state index in [1.54, 1.807) is 21.1 Å². The summed E-state index contributed by atoms with van der Waals surface area (Å²) in [6.45, 7) is 2.14. The van der Waals surface area contributed by atoms with Crippen LogP contribution in [0.25, 0.3) is 0 Å². The lowest BCUT2D eigenvalue weighted by molar-refractivity contribution is -0.141. The molecule has 0 radical (unpaired) electrons.